The second-order valence-corrected chi connectivity index (χ2v) is 7.20. The lowest BCUT2D eigenvalue weighted by atomic mass is 9.91. The maximum atomic E-state index is 11.8. The Bertz CT molecular complexity index is 517. The van der Waals surface area contributed by atoms with Crippen LogP contribution in [-0.2, 0) is 11.3 Å². The highest BCUT2D eigenvalue weighted by Gasteiger charge is 2.24. The van der Waals surface area contributed by atoms with E-state index in [1.165, 1.54) is 0 Å². The average Bonchev–Trinajstić information content (AvgIpc) is 2.47. The molecule has 2 rings (SSSR count). The van der Waals surface area contributed by atoms with Gasteiger partial charge in [0.15, 0.2) is 0 Å². The maximum Gasteiger partial charge on any atom is 0.407 e. The summed E-state index contributed by atoms with van der Waals surface area (Å²) in [6, 6.07) is 8.44. The molecule has 0 spiro atoms. The number of benzene rings is 1. The Morgan fingerprint density at radius 2 is 1.87 bits per heavy atom. The van der Waals surface area contributed by atoms with Gasteiger partial charge in [0.1, 0.15) is 5.60 Å². The minimum absolute atomic E-state index is 0.0576. The summed E-state index contributed by atoms with van der Waals surface area (Å²) < 4.78 is 5.30. The first-order valence-corrected chi connectivity index (χ1v) is 8.31. The predicted octanol–water partition coefficient (Wildman–Crippen LogP) is 3.43. The van der Waals surface area contributed by atoms with Crippen molar-refractivity contribution in [3.63, 3.8) is 0 Å². The number of hydrogen-bond acceptors (Lipinski definition) is 4. The summed E-state index contributed by atoms with van der Waals surface area (Å²) in [5, 5.41) is 15.7. The smallest absolute Gasteiger partial charge is 0.407 e. The first-order valence-electron chi connectivity index (χ1n) is 8.31. The fourth-order valence-electron chi connectivity index (χ4n) is 2.85. The van der Waals surface area contributed by atoms with Crippen molar-refractivity contribution in [2.24, 2.45) is 0 Å². The number of aliphatic hydroxyl groups excluding tert-OH is 1. The zero-order valence-electron chi connectivity index (χ0n) is 14.3. The van der Waals surface area contributed by atoms with Crippen LogP contribution in [0.1, 0.15) is 52.0 Å². The molecule has 1 aromatic rings. The summed E-state index contributed by atoms with van der Waals surface area (Å²) in [6.45, 7) is 5.66. The lowest BCUT2D eigenvalue weighted by Gasteiger charge is -2.31. The number of carbonyl (C=O) groups is 1. The zero-order valence-corrected chi connectivity index (χ0v) is 14.3. The van der Waals surface area contributed by atoms with Crippen LogP contribution in [0.25, 0.3) is 0 Å². The highest BCUT2D eigenvalue weighted by Crippen LogP contribution is 2.23. The van der Waals surface area contributed by atoms with Crippen molar-refractivity contribution in [1.29, 1.82) is 0 Å². The van der Waals surface area contributed by atoms with Gasteiger partial charge < -0.3 is 20.5 Å². The van der Waals surface area contributed by atoms with Crippen molar-refractivity contribution >= 4 is 11.8 Å². The van der Waals surface area contributed by atoms with Gasteiger partial charge in [0, 0.05) is 17.8 Å². The molecule has 1 amide bonds. The summed E-state index contributed by atoms with van der Waals surface area (Å²) in [6.07, 6.45) is 3.56. The molecule has 5 nitrogen and oxygen atoms in total. The lowest BCUT2D eigenvalue weighted by Crippen LogP contribution is -2.42. The second-order valence-electron chi connectivity index (χ2n) is 7.20. The summed E-state index contributed by atoms with van der Waals surface area (Å²) in [7, 11) is 0. The number of alkyl carbamates (subject to hydrolysis) is 1. The number of carbonyl (C=O) groups excluding carboxylic acids is 1. The molecule has 0 aromatic heterocycles. The second kappa shape index (κ2) is 7.68. The fraction of sp³-hybridized carbons (Fsp3) is 0.611. The van der Waals surface area contributed by atoms with E-state index in [0.717, 1.165) is 36.9 Å². The standard InChI is InChI=1S/C18H28N2O3/c1-18(2,3)23-17(22)20-15-9-7-14(8-10-15)19-16-6-4-5-13(11-16)12-21/h4-6,11,14-15,19,21H,7-10,12H2,1-3H3,(H,20,22). The van der Waals surface area contributed by atoms with Crippen LogP contribution in [0.2, 0.25) is 0 Å². The molecule has 1 aliphatic rings. The normalized spacial score (nSPS) is 21.6. The molecule has 1 saturated carbocycles. The molecule has 23 heavy (non-hydrogen) atoms. The van der Waals surface area contributed by atoms with Gasteiger partial charge in [-0.25, -0.2) is 4.79 Å². The van der Waals surface area contributed by atoms with E-state index in [0.29, 0.717) is 6.04 Å². The van der Waals surface area contributed by atoms with Crippen molar-refractivity contribution in [1.82, 2.24) is 5.32 Å². The number of hydrogen-bond donors (Lipinski definition) is 3. The third kappa shape index (κ3) is 6.10. The third-order valence-corrected chi connectivity index (χ3v) is 3.93. The van der Waals surface area contributed by atoms with E-state index >= 15 is 0 Å². The van der Waals surface area contributed by atoms with Gasteiger partial charge in [-0.3, -0.25) is 0 Å². The topological polar surface area (TPSA) is 70.6 Å². The molecule has 0 saturated heterocycles. The SMILES string of the molecule is CC(C)(C)OC(=O)NC1CCC(Nc2cccc(CO)c2)CC1. The van der Waals surface area contributed by atoms with Crippen molar-refractivity contribution in [2.45, 2.75) is 70.7 Å². The van der Waals surface area contributed by atoms with E-state index < -0.39 is 5.60 Å². The summed E-state index contributed by atoms with van der Waals surface area (Å²) in [4.78, 5) is 11.8. The first kappa shape index (κ1) is 17.6. The van der Waals surface area contributed by atoms with Crippen molar-refractivity contribution in [3.05, 3.63) is 29.8 Å². The van der Waals surface area contributed by atoms with Gasteiger partial charge in [-0.1, -0.05) is 12.1 Å². The van der Waals surface area contributed by atoms with Gasteiger partial charge in [0.05, 0.1) is 6.61 Å². The quantitative estimate of drug-likeness (QED) is 0.795. The van der Waals surface area contributed by atoms with E-state index in [1.54, 1.807) is 0 Å². The van der Waals surface area contributed by atoms with Crippen molar-refractivity contribution < 1.29 is 14.6 Å². The summed E-state index contributed by atoms with van der Waals surface area (Å²) in [5.41, 5.74) is 1.50. The minimum atomic E-state index is -0.458. The molecule has 1 fully saturated rings. The third-order valence-electron chi connectivity index (χ3n) is 3.93. The molecule has 5 heteroatoms. The molecular formula is C18H28N2O3. The molecule has 0 aliphatic heterocycles. The van der Waals surface area contributed by atoms with Gasteiger partial charge in [-0.05, 0) is 64.2 Å². The minimum Gasteiger partial charge on any atom is -0.444 e. The summed E-state index contributed by atoms with van der Waals surface area (Å²) >= 11 is 0. The Hall–Kier alpha value is -1.75. The number of aliphatic hydroxyl groups is 1. The Balaban J connectivity index is 1.76. The Kier molecular flexibility index (Phi) is 5.88. The maximum absolute atomic E-state index is 11.8. The van der Waals surface area contributed by atoms with Crippen LogP contribution in [0, 0.1) is 0 Å². The highest BCUT2D eigenvalue weighted by molar-refractivity contribution is 5.68. The lowest BCUT2D eigenvalue weighted by molar-refractivity contribution is 0.0492. The van der Waals surface area contributed by atoms with Crippen LogP contribution < -0.4 is 10.6 Å². The monoisotopic (exact) mass is 320 g/mol. The predicted molar refractivity (Wildman–Crippen MR) is 91.4 cm³/mol. The molecular weight excluding hydrogens is 292 g/mol. The average molecular weight is 320 g/mol. The molecule has 1 aromatic carbocycles. The van der Waals surface area contributed by atoms with Crippen LogP contribution in [-0.4, -0.2) is 28.9 Å². The number of anilines is 1. The molecule has 128 valence electrons. The van der Waals surface area contributed by atoms with E-state index in [2.05, 4.69) is 10.6 Å². The van der Waals surface area contributed by atoms with Crippen molar-refractivity contribution in [2.75, 3.05) is 5.32 Å². The highest BCUT2D eigenvalue weighted by atomic mass is 16.6. The molecule has 0 bridgehead atoms. The number of rotatable bonds is 4. The molecule has 1 aliphatic carbocycles. The Morgan fingerprint density at radius 1 is 1.22 bits per heavy atom. The first-order chi connectivity index (χ1) is 10.9. The van der Waals surface area contributed by atoms with Gasteiger partial charge in [-0.2, -0.15) is 0 Å². The number of ether oxygens (including phenoxy) is 1. The molecule has 0 unspecified atom stereocenters. The van der Waals surface area contributed by atoms with E-state index in [-0.39, 0.29) is 18.7 Å². The molecule has 0 heterocycles. The van der Waals surface area contributed by atoms with Crippen LogP contribution in [0.4, 0.5) is 10.5 Å². The van der Waals surface area contributed by atoms with E-state index in [4.69, 9.17) is 4.74 Å². The summed E-state index contributed by atoms with van der Waals surface area (Å²) in [5.74, 6) is 0. The largest absolute Gasteiger partial charge is 0.444 e. The molecule has 0 radical (unpaired) electrons. The van der Waals surface area contributed by atoms with E-state index in [1.807, 2.05) is 45.0 Å². The van der Waals surface area contributed by atoms with Gasteiger partial charge in [-0.15, -0.1) is 0 Å². The van der Waals surface area contributed by atoms with Crippen LogP contribution in [0.15, 0.2) is 24.3 Å². The number of nitrogens with one attached hydrogen (secondary N) is 2. The van der Waals surface area contributed by atoms with E-state index in [9.17, 15) is 9.90 Å². The van der Waals surface area contributed by atoms with Gasteiger partial charge in [0.2, 0.25) is 0 Å². The fourth-order valence-corrected chi connectivity index (χ4v) is 2.85. The van der Waals surface area contributed by atoms with Crippen LogP contribution in [0.3, 0.4) is 0 Å². The van der Waals surface area contributed by atoms with Gasteiger partial charge in [0.25, 0.3) is 0 Å². The number of amides is 1. The Morgan fingerprint density at radius 3 is 2.48 bits per heavy atom. The van der Waals surface area contributed by atoms with Crippen molar-refractivity contribution in [3.8, 4) is 0 Å². The Labute approximate surface area is 138 Å². The van der Waals surface area contributed by atoms with Crippen LogP contribution in [0.5, 0.6) is 0 Å². The zero-order chi connectivity index (χ0) is 16.9. The molecule has 0 atom stereocenters. The van der Waals surface area contributed by atoms with Crippen LogP contribution >= 0.6 is 0 Å². The molecule has 3 N–H and O–H groups in total. The van der Waals surface area contributed by atoms with Gasteiger partial charge >= 0.3 is 6.09 Å².